The molecule has 12 heavy (non-hydrogen) atoms. The van der Waals surface area contributed by atoms with Crippen LogP contribution in [0.15, 0.2) is 30.3 Å². The van der Waals surface area contributed by atoms with Gasteiger partial charge in [-0.05, 0) is 5.56 Å². The molecule has 1 aliphatic heterocycles. The Morgan fingerprint density at radius 2 is 1.92 bits per heavy atom. The predicted octanol–water partition coefficient (Wildman–Crippen LogP) is 1.54. The Labute approximate surface area is 71.6 Å². The molecule has 0 radical (unpaired) electrons. The Bertz CT molecular complexity index is 254. The molecule has 1 aromatic rings. The van der Waals surface area contributed by atoms with Crippen LogP contribution in [-0.2, 0) is 6.42 Å². The van der Waals surface area contributed by atoms with Gasteiger partial charge in [0.2, 0.25) is 0 Å². The standard InChI is InChI=1S/C10H12FN/c11-10(7-12-8-10)6-9-4-2-1-3-5-9/h1-5,12H,6-8H2. The van der Waals surface area contributed by atoms with Gasteiger partial charge in [-0.25, -0.2) is 4.39 Å². The van der Waals surface area contributed by atoms with Crippen molar-refractivity contribution < 1.29 is 4.39 Å². The Morgan fingerprint density at radius 1 is 1.25 bits per heavy atom. The van der Waals surface area contributed by atoms with Gasteiger partial charge in [-0.3, -0.25) is 0 Å². The van der Waals surface area contributed by atoms with E-state index >= 15 is 0 Å². The number of halogens is 1. The largest absolute Gasteiger partial charge is 0.310 e. The minimum atomic E-state index is -0.985. The molecular formula is C10H12FN. The van der Waals surface area contributed by atoms with Crippen molar-refractivity contribution in [3.8, 4) is 0 Å². The minimum absolute atomic E-state index is 0.502. The third-order valence-electron chi connectivity index (χ3n) is 2.25. The van der Waals surface area contributed by atoms with Gasteiger partial charge in [0.05, 0.1) is 0 Å². The molecule has 1 nitrogen and oxygen atoms in total. The molecule has 1 fully saturated rings. The van der Waals surface area contributed by atoms with Crippen molar-refractivity contribution in [2.75, 3.05) is 13.1 Å². The fraction of sp³-hybridized carbons (Fsp3) is 0.400. The molecule has 1 aliphatic rings. The van der Waals surface area contributed by atoms with Gasteiger partial charge in [0.15, 0.2) is 0 Å². The summed E-state index contributed by atoms with van der Waals surface area (Å²) in [5.41, 5.74) is 0.1000. The van der Waals surface area contributed by atoms with E-state index in [0.29, 0.717) is 19.5 Å². The first kappa shape index (κ1) is 7.74. The number of rotatable bonds is 2. The first-order valence-electron chi connectivity index (χ1n) is 4.22. The van der Waals surface area contributed by atoms with Crippen LogP contribution in [0, 0.1) is 0 Å². The summed E-state index contributed by atoms with van der Waals surface area (Å²) in [6, 6.07) is 9.79. The van der Waals surface area contributed by atoms with Gasteiger partial charge in [0, 0.05) is 19.5 Å². The number of benzene rings is 1. The maximum atomic E-state index is 13.5. The second-order valence-corrected chi connectivity index (χ2v) is 3.42. The van der Waals surface area contributed by atoms with E-state index in [4.69, 9.17) is 0 Å². The zero-order valence-corrected chi connectivity index (χ0v) is 6.89. The average Bonchev–Trinajstić information content (AvgIpc) is 2.04. The van der Waals surface area contributed by atoms with E-state index in [1.807, 2.05) is 30.3 Å². The normalized spacial score (nSPS) is 20.1. The molecule has 0 bridgehead atoms. The number of hydrogen-bond acceptors (Lipinski definition) is 1. The second-order valence-electron chi connectivity index (χ2n) is 3.42. The molecule has 0 saturated carbocycles. The molecule has 2 rings (SSSR count). The fourth-order valence-corrected chi connectivity index (χ4v) is 1.48. The van der Waals surface area contributed by atoms with Crippen LogP contribution in [-0.4, -0.2) is 18.8 Å². The highest BCUT2D eigenvalue weighted by Gasteiger charge is 2.36. The average molecular weight is 165 g/mol. The summed E-state index contributed by atoms with van der Waals surface area (Å²) < 4.78 is 13.5. The summed E-state index contributed by atoms with van der Waals surface area (Å²) >= 11 is 0. The molecule has 1 saturated heterocycles. The van der Waals surface area contributed by atoms with Gasteiger partial charge in [-0.2, -0.15) is 0 Å². The van der Waals surface area contributed by atoms with Gasteiger partial charge in [0.1, 0.15) is 5.67 Å². The van der Waals surface area contributed by atoms with E-state index in [0.717, 1.165) is 5.56 Å². The molecule has 0 aromatic heterocycles. The molecule has 0 aliphatic carbocycles. The zero-order chi connectivity index (χ0) is 8.44. The van der Waals surface area contributed by atoms with Crippen LogP contribution in [0.25, 0.3) is 0 Å². The highest BCUT2D eigenvalue weighted by atomic mass is 19.1. The first-order chi connectivity index (χ1) is 5.79. The Hall–Kier alpha value is -0.890. The van der Waals surface area contributed by atoms with Gasteiger partial charge >= 0.3 is 0 Å². The van der Waals surface area contributed by atoms with Crippen LogP contribution in [0.2, 0.25) is 0 Å². The third-order valence-corrected chi connectivity index (χ3v) is 2.25. The lowest BCUT2D eigenvalue weighted by Crippen LogP contribution is -2.57. The van der Waals surface area contributed by atoms with Crippen molar-refractivity contribution in [3.63, 3.8) is 0 Å². The SMILES string of the molecule is FC1(Cc2ccccc2)CNC1. The summed E-state index contributed by atoms with van der Waals surface area (Å²) in [5, 5.41) is 2.95. The lowest BCUT2D eigenvalue weighted by Gasteiger charge is -2.35. The molecule has 0 atom stereocenters. The lowest BCUT2D eigenvalue weighted by molar-refractivity contribution is 0.0912. The molecule has 1 aromatic carbocycles. The van der Waals surface area contributed by atoms with E-state index in [1.165, 1.54) is 0 Å². The molecule has 2 heteroatoms. The first-order valence-corrected chi connectivity index (χ1v) is 4.22. The second kappa shape index (κ2) is 2.87. The molecule has 1 N–H and O–H groups in total. The van der Waals surface area contributed by atoms with Crippen molar-refractivity contribution in [3.05, 3.63) is 35.9 Å². The highest BCUT2D eigenvalue weighted by molar-refractivity contribution is 5.18. The monoisotopic (exact) mass is 165 g/mol. The summed E-state index contributed by atoms with van der Waals surface area (Å²) in [5.74, 6) is 0. The Kier molecular flexibility index (Phi) is 1.85. The minimum Gasteiger partial charge on any atom is -0.310 e. The van der Waals surface area contributed by atoms with E-state index in [1.54, 1.807) is 0 Å². The quantitative estimate of drug-likeness (QED) is 0.701. The van der Waals surface area contributed by atoms with E-state index in [9.17, 15) is 4.39 Å². The van der Waals surface area contributed by atoms with Gasteiger partial charge in [-0.15, -0.1) is 0 Å². The van der Waals surface area contributed by atoms with Crippen LogP contribution in [0.5, 0.6) is 0 Å². The third kappa shape index (κ3) is 1.48. The Balaban J connectivity index is 2.04. The van der Waals surface area contributed by atoms with Crippen molar-refractivity contribution in [2.24, 2.45) is 0 Å². The van der Waals surface area contributed by atoms with Crippen molar-refractivity contribution in [2.45, 2.75) is 12.1 Å². The number of hydrogen-bond donors (Lipinski definition) is 1. The fourth-order valence-electron chi connectivity index (χ4n) is 1.48. The summed E-state index contributed by atoms with van der Waals surface area (Å²) in [7, 11) is 0. The zero-order valence-electron chi connectivity index (χ0n) is 6.89. The van der Waals surface area contributed by atoms with Crippen LogP contribution in [0.3, 0.4) is 0 Å². The lowest BCUT2D eigenvalue weighted by atomic mass is 9.91. The van der Waals surface area contributed by atoms with Crippen molar-refractivity contribution in [1.82, 2.24) is 5.32 Å². The molecule has 0 unspecified atom stereocenters. The van der Waals surface area contributed by atoms with Gasteiger partial charge in [-0.1, -0.05) is 30.3 Å². The van der Waals surface area contributed by atoms with Crippen molar-refractivity contribution in [1.29, 1.82) is 0 Å². The molecule has 64 valence electrons. The van der Waals surface area contributed by atoms with E-state index < -0.39 is 5.67 Å². The summed E-state index contributed by atoms with van der Waals surface area (Å²) in [6.07, 6.45) is 0.542. The topological polar surface area (TPSA) is 12.0 Å². The number of alkyl halides is 1. The van der Waals surface area contributed by atoms with Gasteiger partial charge in [0.25, 0.3) is 0 Å². The van der Waals surface area contributed by atoms with Crippen LogP contribution in [0.1, 0.15) is 5.56 Å². The molecule has 0 amide bonds. The summed E-state index contributed by atoms with van der Waals surface area (Å²) in [6.45, 7) is 1.00. The smallest absolute Gasteiger partial charge is 0.139 e. The van der Waals surface area contributed by atoms with Gasteiger partial charge < -0.3 is 5.32 Å². The highest BCUT2D eigenvalue weighted by Crippen LogP contribution is 2.21. The van der Waals surface area contributed by atoms with Crippen molar-refractivity contribution >= 4 is 0 Å². The molecular weight excluding hydrogens is 153 g/mol. The molecule has 0 spiro atoms. The maximum absolute atomic E-state index is 13.5. The summed E-state index contributed by atoms with van der Waals surface area (Å²) in [4.78, 5) is 0. The Morgan fingerprint density at radius 3 is 2.42 bits per heavy atom. The molecule has 1 heterocycles. The van der Waals surface area contributed by atoms with Crippen LogP contribution in [0.4, 0.5) is 4.39 Å². The maximum Gasteiger partial charge on any atom is 0.139 e. The number of nitrogens with one attached hydrogen (secondary N) is 1. The van der Waals surface area contributed by atoms with Crippen LogP contribution >= 0.6 is 0 Å². The van der Waals surface area contributed by atoms with E-state index in [2.05, 4.69) is 5.32 Å². The van der Waals surface area contributed by atoms with Crippen LogP contribution < -0.4 is 5.32 Å². The predicted molar refractivity (Wildman–Crippen MR) is 46.9 cm³/mol. The van der Waals surface area contributed by atoms with E-state index in [-0.39, 0.29) is 0 Å².